The minimum atomic E-state index is 0.428. The van der Waals surface area contributed by atoms with Crippen molar-refractivity contribution in [3.8, 4) is 0 Å². The van der Waals surface area contributed by atoms with Gasteiger partial charge in [-0.3, -0.25) is 0 Å². The minimum absolute atomic E-state index is 0.428. The molecular formula is C15H27N3O. The van der Waals surface area contributed by atoms with E-state index in [4.69, 9.17) is 4.42 Å². The molecule has 0 spiro atoms. The molecule has 1 saturated carbocycles. The average Bonchev–Trinajstić information content (AvgIpc) is 2.84. The van der Waals surface area contributed by atoms with Crippen LogP contribution in [-0.4, -0.2) is 23.8 Å². The number of hydrogen-bond acceptors (Lipinski definition) is 4. The van der Waals surface area contributed by atoms with Crippen LogP contribution in [0.3, 0.4) is 0 Å². The van der Waals surface area contributed by atoms with E-state index in [-0.39, 0.29) is 0 Å². The van der Waals surface area contributed by atoms with Gasteiger partial charge in [0.15, 0.2) is 0 Å². The maximum atomic E-state index is 5.78. The van der Waals surface area contributed by atoms with Crippen molar-refractivity contribution >= 4 is 0 Å². The van der Waals surface area contributed by atoms with Crippen LogP contribution in [0.15, 0.2) is 4.42 Å². The Balaban J connectivity index is 1.89. The molecule has 1 N–H and O–H groups in total. The first-order valence-electron chi connectivity index (χ1n) is 7.47. The quantitative estimate of drug-likeness (QED) is 0.908. The highest BCUT2D eigenvalue weighted by atomic mass is 16.4. The molecule has 19 heavy (non-hydrogen) atoms. The Morgan fingerprint density at radius 3 is 2.42 bits per heavy atom. The molecule has 2 rings (SSSR count). The van der Waals surface area contributed by atoms with Crippen LogP contribution in [0.2, 0.25) is 0 Å². The van der Waals surface area contributed by atoms with Gasteiger partial charge in [0.2, 0.25) is 11.8 Å². The van der Waals surface area contributed by atoms with Gasteiger partial charge in [0.05, 0.1) is 0 Å². The second kappa shape index (κ2) is 6.04. The largest absolute Gasteiger partial charge is 0.425 e. The van der Waals surface area contributed by atoms with Gasteiger partial charge in [-0.15, -0.1) is 10.2 Å². The number of nitrogens with one attached hydrogen (secondary N) is 1. The third-order valence-corrected chi connectivity index (χ3v) is 4.37. The van der Waals surface area contributed by atoms with Crippen LogP contribution in [0.5, 0.6) is 0 Å². The molecule has 0 radical (unpaired) electrons. The van der Waals surface area contributed by atoms with Gasteiger partial charge in [-0.2, -0.15) is 0 Å². The summed E-state index contributed by atoms with van der Waals surface area (Å²) >= 11 is 0. The lowest BCUT2D eigenvalue weighted by molar-refractivity contribution is 0.161. The van der Waals surface area contributed by atoms with Gasteiger partial charge in [-0.1, -0.05) is 20.8 Å². The second-order valence-corrected chi connectivity index (χ2v) is 6.80. The summed E-state index contributed by atoms with van der Waals surface area (Å²) in [4.78, 5) is 0. The number of likely N-dealkylation sites (N-methyl/N-ethyl adjacent to an activating group) is 1. The first kappa shape index (κ1) is 14.5. The Hall–Kier alpha value is -0.900. The minimum Gasteiger partial charge on any atom is -0.425 e. The van der Waals surface area contributed by atoms with Gasteiger partial charge in [0, 0.05) is 18.9 Å². The topological polar surface area (TPSA) is 51.0 Å². The molecule has 0 atom stereocenters. The molecule has 4 nitrogen and oxygen atoms in total. The van der Waals surface area contributed by atoms with Crippen molar-refractivity contribution < 1.29 is 4.42 Å². The standard InChI is InChI=1S/C15H27N3O/c1-15(2,3)12-7-5-11(6-8-12)14-18-17-13(19-14)9-10-16-4/h11-12,16H,5-10H2,1-4H3. The van der Waals surface area contributed by atoms with Crippen molar-refractivity contribution in [2.24, 2.45) is 11.3 Å². The maximum Gasteiger partial charge on any atom is 0.219 e. The molecule has 1 fully saturated rings. The zero-order valence-electron chi connectivity index (χ0n) is 12.7. The highest BCUT2D eigenvalue weighted by molar-refractivity contribution is 4.95. The second-order valence-electron chi connectivity index (χ2n) is 6.80. The Morgan fingerprint density at radius 2 is 1.84 bits per heavy atom. The van der Waals surface area contributed by atoms with Crippen LogP contribution in [0.25, 0.3) is 0 Å². The molecule has 0 amide bonds. The van der Waals surface area contributed by atoms with E-state index in [2.05, 4.69) is 36.3 Å². The van der Waals surface area contributed by atoms with Crippen LogP contribution < -0.4 is 5.32 Å². The Bertz CT molecular complexity index is 386. The molecule has 0 bridgehead atoms. The van der Waals surface area contributed by atoms with E-state index in [0.717, 1.165) is 30.7 Å². The SMILES string of the molecule is CNCCc1nnc(C2CCC(C(C)(C)C)CC2)o1. The number of rotatable bonds is 4. The number of hydrogen-bond donors (Lipinski definition) is 1. The van der Waals surface area contributed by atoms with Crippen LogP contribution in [0.4, 0.5) is 0 Å². The summed E-state index contributed by atoms with van der Waals surface area (Å²) < 4.78 is 5.78. The molecular weight excluding hydrogens is 238 g/mol. The van der Waals surface area contributed by atoms with E-state index >= 15 is 0 Å². The van der Waals surface area contributed by atoms with Gasteiger partial charge in [-0.25, -0.2) is 0 Å². The Morgan fingerprint density at radius 1 is 1.16 bits per heavy atom. The normalized spacial score (nSPS) is 24.6. The zero-order chi connectivity index (χ0) is 13.9. The summed E-state index contributed by atoms with van der Waals surface area (Å²) in [5, 5.41) is 11.5. The molecule has 0 aliphatic heterocycles. The molecule has 4 heteroatoms. The highest BCUT2D eigenvalue weighted by Crippen LogP contribution is 2.42. The van der Waals surface area contributed by atoms with Crippen molar-refractivity contribution in [3.05, 3.63) is 11.8 Å². The summed E-state index contributed by atoms with van der Waals surface area (Å²) in [6, 6.07) is 0. The number of nitrogens with zero attached hydrogens (tertiary/aromatic N) is 2. The van der Waals surface area contributed by atoms with Crippen LogP contribution in [0.1, 0.15) is 64.2 Å². The molecule has 0 unspecified atom stereocenters. The average molecular weight is 265 g/mol. The van der Waals surface area contributed by atoms with E-state index < -0.39 is 0 Å². The molecule has 1 aliphatic carbocycles. The highest BCUT2D eigenvalue weighted by Gasteiger charge is 2.32. The summed E-state index contributed by atoms with van der Waals surface area (Å²) in [5.74, 6) is 2.94. The van der Waals surface area contributed by atoms with E-state index in [0.29, 0.717) is 11.3 Å². The monoisotopic (exact) mass is 265 g/mol. The van der Waals surface area contributed by atoms with Crippen molar-refractivity contribution in [2.45, 2.75) is 58.8 Å². The van der Waals surface area contributed by atoms with Gasteiger partial charge in [0.25, 0.3) is 0 Å². The fourth-order valence-corrected chi connectivity index (χ4v) is 2.97. The molecule has 108 valence electrons. The third-order valence-electron chi connectivity index (χ3n) is 4.37. The van der Waals surface area contributed by atoms with E-state index in [1.807, 2.05) is 7.05 Å². The van der Waals surface area contributed by atoms with Crippen molar-refractivity contribution in [2.75, 3.05) is 13.6 Å². The third kappa shape index (κ3) is 3.78. The van der Waals surface area contributed by atoms with Crippen molar-refractivity contribution in [1.29, 1.82) is 0 Å². The summed E-state index contributed by atoms with van der Waals surface area (Å²) in [6.45, 7) is 7.93. The maximum absolute atomic E-state index is 5.78. The summed E-state index contributed by atoms with van der Waals surface area (Å²) in [6.07, 6.45) is 5.76. The van der Waals surface area contributed by atoms with Gasteiger partial charge < -0.3 is 9.73 Å². The van der Waals surface area contributed by atoms with Gasteiger partial charge in [0.1, 0.15) is 0 Å². The summed E-state index contributed by atoms with van der Waals surface area (Å²) in [5.41, 5.74) is 0.428. The predicted octanol–water partition coefficient (Wildman–Crippen LogP) is 3.15. The van der Waals surface area contributed by atoms with Crippen molar-refractivity contribution in [1.82, 2.24) is 15.5 Å². The van der Waals surface area contributed by atoms with E-state index in [1.165, 1.54) is 25.7 Å². The Labute approximate surface area is 116 Å². The first-order valence-corrected chi connectivity index (χ1v) is 7.47. The smallest absolute Gasteiger partial charge is 0.219 e. The molecule has 0 saturated heterocycles. The molecule has 0 aromatic carbocycles. The lowest BCUT2D eigenvalue weighted by Gasteiger charge is -2.36. The predicted molar refractivity (Wildman–Crippen MR) is 76.1 cm³/mol. The zero-order valence-corrected chi connectivity index (χ0v) is 12.7. The number of aromatic nitrogens is 2. The van der Waals surface area contributed by atoms with Crippen molar-refractivity contribution in [3.63, 3.8) is 0 Å². The molecule has 1 aromatic heterocycles. The Kier molecular flexibility index (Phi) is 4.61. The lowest BCUT2D eigenvalue weighted by Crippen LogP contribution is -2.25. The molecule has 1 aliphatic rings. The van der Waals surface area contributed by atoms with Gasteiger partial charge >= 0.3 is 0 Å². The fourth-order valence-electron chi connectivity index (χ4n) is 2.97. The fraction of sp³-hybridized carbons (Fsp3) is 0.867. The molecule has 1 aromatic rings. The van der Waals surface area contributed by atoms with E-state index in [9.17, 15) is 0 Å². The van der Waals surface area contributed by atoms with Crippen LogP contribution in [0, 0.1) is 11.3 Å². The van der Waals surface area contributed by atoms with Gasteiger partial charge in [-0.05, 0) is 44.1 Å². The first-order chi connectivity index (χ1) is 9.00. The van der Waals surface area contributed by atoms with Crippen LogP contribution in [-0.2, 0) is 6.42 Å². The van der Waals surface area contributed by atoms with Crippen LogP contribution >= 0.6 is 0 Å². The lowest BCUT2D eigenvalue weighted by atomic mass is 9.70. The van der Waals surface area contributed by atoms with E-state index in [1.54, 1.807) is 0 Å². The molecule has 1 heterocycles. The summed E-state index contributed by atoms with van der Waals surface area (Å²) in [7, 11) is 1.94.